The number of benzene rings is 1. The van der Waals surface area contributed by atoms with Gasteiger partial charge in [-0.05, 0) is 31.2 Å². The lowest BCUT2D eigenvalue weighted by atomic mass is 10.1. The number of nitrogens with zero attached hydrogens (tertiary/aromatic N) is 2. The van der Waals surface area contributed by atoms with Gasteiger partial charge in [0, 0.05) is 17.3 Å². The lowest BCUT2D eigenvalue weighted by Gasteiger charge is -2.05. The van der Waals surface area contributed by atoms with Gasteiger partial charge in [-0.2, -0.15) is 9.37 Å². The lowest BCUT2D eigenvalue weighted by Crippen LogP contribution is -1.99. The van der Waals surface area contributed by atoms with Gasteiger partial charge >= 0.3 is 0 Å². The van der Waals surface area contributed by atoms with E-state index in [0.717, 1.165) is 24.8 Å². The lowest BCUT2D eigenvalue weighted by molar-refractivity contribution is 0.558. The smallest absolute Gasteiger partial charge is 0.219 e. The molecule has 0 fully saturated rings. The molecule has 1 aromatic heterocycles. The fourth-order valence-electron chi connectivity index (χ4n) is 2.26. The van der Waals surface area contributed by atoms with Crippen molar-refractivity contribution < 1.29 is 4.39 Å². The fraction of sp³-hybridized carbons (Fsp3) is 0.444. The Morgan fingerprint density at radius 2 is 1.62 bits per heavy atom. The molecule has 2 nitrogen and oxygen atoms in total. The molecular weight excluding hydrogens is 263 g/mol. The Morgan fingerprint density at radius 3 is 2.24 bits per heavy atom. The zero-order valence-corrected chi connectivity index (χ0v) is 12.9. The van der Waals surface area contributed by atoms with Crippen molar-refractivity contribution in [2.24, 2.45) is 0 Å². The predicted octanol–water partition coefficient (Wildman–Crippen LogP) is 4.97. The minimum atomic E-state index is -0.386. The first-order valence-electron chi connectivity index (χ1n) is 7.85. The van der Waals surface area contributed by atoms with Crippen LogP contribution >= 0.6 is 0 Å². The first kappa shape index (κ1) is 15.6. The van der Waals surface area contributed by atoms with Gasteiger partial charge in [0.2, 0.25) is 5.95 Å². The van der Waals surface area contributed by atoms with Crippen molar-refractivity contribution in [2.75, 3.05) is 0 Å². The molecule has 0 atom stereocenters. The van der Waals surface area contributed by atoms with Crippen molar-refractivity contribution in [1.82, 2.24) is 9.97 Å². The van der Waals surface area contributed by atoms with E-state index in [1.165, 1.54) is 18.4 Å². The van der Waals surface area contributed by atoms with Crippen LogP contribution in [0.4, 0.5) is 4.39 Å². The maximum absolute atomic E-state index is 14.0. The number of unbranched alkanes of at least 4 members (excludes halogenated alkanes) is 2. The maximum atomic E-state index is 14.0. The van der Waals surface area contributed by atoms with E-state index in [2.05, 4.69) is 35.9 Å². The molecule has 0 saturated heterocycles. The van der Waals surface area contributed by atoms with E-state index in [9.17, 15) is 4.39 Å². The molecule has 2 aromatic rings. The highest BCUT2D eigenvalue weighted by atomic mass is 19.1. The van der Waals surface area contributed by atoms with Gasteiger partial charge in [-0.15, -0.1) is 0 Å². The van der Waals surface area contributed by atoms with E-state index >= 15 is 0 Å². The second-order valence-electron chi connectivity index (χ2n) is 5.41. The van der Waals surface area contributed by atoms with Gasteiger partial charge in [-0.3, -0.25) is 0 Å². The minimum absolute atomic E-state index is 0.386. The highest BCUT2D eigenvalue weighted by Gasteiger charge is 2.08. The van der Waals surface area contributed by atoms with Crippen LogP contribution in [0.2, 0.25) is 0 Å². The van der Waals surface area contributed by atoms with E-state index in [-0.39, 0.29) is 5.95 Å². The Balaban J connectivity index is 2.12. The van der Waals surface area contributed by atoms with Gasteiger partial charge in [0.15, 0.2) is 5.82 Å². The third kappa shape index (κ3) is 4.35. The fourth-order valence-corrected chi connectivity index (χ4v) is 2.26. The standard InChI is InChI=1S/C18H23FN2/c1-3-5-7-14-9-11-15(12-10-14)18-20-13-16(8-6-4-2)17(19)21-18/h9-13H,3-8H2,1-2H3. The van der Waals surface area contributed by atoms with E-state index in [1.807, 2.05) is 12.1 Å². The summed E-state index contributed by atoms with van der Waals surface area (Å²) >= 11 is 0. The van der Waals surface area contributed by atoms with Crippen molar-refractivity contribution in [2.45, 2.75) is 52.4 Å². The van der Waals surface area contributed by atoms with Gasteiger partial charge in [0.05, 0.1) is 0 Å². The first-order chi connectivity index (χ1) is 10.2. The van der Waals surface area contributed by atoms with Crippen LogP contribution in [0.25, 0.3) is 11.4 Å². The van der Waals surface area contributed by atoms with Crippen LogP contribution in [-0.2, 0) is 12.8 Å². The molecule has 0 radical (unpaired) electrons. The first-order valence-corrected chi connectivity index (χ1v) is 7.85. The highest BCUT2D eigenvalue weighted by Crippen LogP contribution is 2.18. The van der Waals surface area contributed by atoms with Crippen LogP contribution in [0.3, 0.4) is 0 Å². The SMILES string of the molecule is CCCCc1ccc(-c2ncc(CCCC)c(F)n2)cc1. The van der Waals surface area contributed by atoms with Gasteiger partial charge in [-0.25, -0.2) is 4.98 Å². The van der Waals surface area contributed by atoms with Crippen LogP contribution in [0.1, 0.15) is 50.7 Å². The van der Waals surface area contributed by atoms with Gasteiger partial charge < -0.3 is 0 Å². The summed E-state index contributed by atoms with van der Waals surface area (Å²) in [5, 5.41) is 0. The average molecular weight is 286 g/mol. The number of hydrogen-bond acceptors (Lipinski definition) is 2. The molecule has 21 heavy (non-hydrogen) atoms. The maximum Gasteiger partial charge on any atom is 0.219 e. The average Bonchev–Trinajstić information content (AvgIpc) is 2.52. The molecule has 0 aliphatic rings. The zero-order chi connectivity index (χ0) is 15.1. The van der Waals surface area contributed by atoms with Crippen LogP contribution in [0, 0.1) is 5.95 Å². The van der Waals surface area contributed by atoms with Crippen LogP contribution in [-0.4, -0.2) is 9.97 Å². The van der Waals surface area contributed by atoms with Crippen molar-refractivity contribution >= 4 is 0 Å². The second kappa shape index (κ2) is 7.87. The number of hydrogen-bond donors (Lipinski definition) is 0. The number of rotatable bonds is 7. The normalized spacial score (nSPS) is 10.8. The summed E-state index contributed by atoms with van der Waals surface area (Å²) in [5.74, 6) is 0.0818. The van der Waals surface area contributed by atoms with Gasteiger partial charge in [0.25, 0.3) is 0 Å². The quantitative estimate of drug-likeness (QED) is 0.672. The van der Waals surface area contributed by atoms with E-state index in [1.54, 1.807) is 6.20 Å². The molecule has 0 amide bonds. The van der Waals surface area contributed by atoms with Gasteiger partial charge in [-0.1, -0.05) is 51.0 Å². The van der Waals surface area contributed by atoms with Crippen LogP contribution in [0.15, 0.2) is 30.5 Å². The second-order valence-corrected chi connectivity index (χ2v) is 5.41. The Kier molecular flexibility index (Phi) is 5.85. The summed E-state index contributed by atoms with van der Waals surface area (Å²) in [4.78, 5) is 8.31. The van der Waals surface area contributed by atoms with Crippen molar-refractivity contribution in [3.8, 4) is 11.4 Å². The number of aryl methyl sites for hydroxylation is 2. The minimum Gasteiger partial charge on any atom is -0.236 e. The molecule has 0 aliphatic carbocycles. The molecule has 0 aliphatic heterocycles. The van der Waals surface area contributed by atoms with Crippen molar-refractivity contribution in [3.63, 3.8) is 0 Å². The Hall–Kier alpha value is -1.77. The van der Waals surface area contributed by atoms with Gasteiger partial charge in [0.1, 0.15) is 0 Å². The third-order valence-corrected chi connectivity index (χ3v) is 3.64. The molecule has 2 rings (SSSR count). The number of aromatic nitrogens is 2. The highest BCUT2D eigenvalue weighted by molar-refractivity contribution is 5.55. The molecule has 112 valence electrons. The summed E-state index contributed by atoms with van der Waals surface area (Å²) in [6, 6.07) is 8.12. The summed E-state index contributed by atoms with van der Waals surface area (Å²) in [6.07, 6.45) is 7.80. The van der Waals surface area contributed by atoms with E-state index < -0.39 is 0 Å². The molecule has 0 bridgehead atoms. The summed E-state index contributed by atoms with van der Waals surface area (Å²) in [7, 11) is 0. The molecule has 0 unspecified atom stereocenters. The van der Waals surface area contributed by atoms with E-state index in [4.69, 9.17) is 0 Å². The predicted molar refractivity (Wildman–Crippen MR) is 84.7 cm³/mol. The topological polar surface area (TPSA) is 25.8 Å². The van der Waals surface area contributed by atoms with Crippen molar-refractivity contribution in [1.29, 1.82) is 0 Å². The number of halogens is 1. The Bertz CT molecular complexity index is 564. The van der Waals surface area contributed by atoms with Crippen LogP contribution < -0.4 is 0 Å². The molecule has 0 saturated carbocycles. The Morgan fingerprint density at radius 1 is 0.952 bits per heavy atom. The van der Waals surface area contributed by atoms with Crippen LogP contribution in [0.5, 0.6) is 0 Å². The third-order valence-electron chi connectivity index (χ3n) is 3.64. The zero-order valence-electron chi connectivity index (χ0n) is 12.9. The molecule has 0 N–H and O–H groups in total. The molecule has 0 spiro atoms. The largest absolute Gasteiger partial charge is 0.236 e. The van der Waals surface area contributed by atoms with Crippen molar-refractivity contribution in [3.05, 3.63) is 47.5 Å². The summed E-state index contributed by atoms with van der Waals surface area (Å²) < 4.78 is 14.0. The Labute approximate surface area is 126 Å². The summed E-state index contributed by atoms with van der Waals surface area (Å²) in [6.45, 7) is 4.28. The molecule has 3 heteroatoms. The molecule has 1 heterocycles. The monoisotopic (exact) mass is 286 g/mol. The molecular formula is C18H23FN2. The summed E-state index contributed by atoms with van der Waals surface area (Å²) in [5.41, 5.74) is 2.79. The van der Waals surface area contributed by atoms with E-state index in [0.29, 0.717) is 17.8 Å². The molecule has 1 aromatic carbocycles.